The fourth-order valence-electron chi connectivity index (χ4n) is 3.29. The first-order valence-corrected chi connectivity index (χ1v) is 8.30. The zero-order valence-corrected chi connectivity index (χ0v) is 13.6. The molecule has 1 aromatic carbocycles. The molecule has 0 aliphatic carbocycles. The molecule has 1 atom stereocenters. The first-order chi connectivity index (χ1) is 12.2. The van der Waals surface area contributed by atoms with Crippen LogP contribution in [-0.2, 0) is 6.54 Å². The van der Waals surface area contributed by atoms with Gasteiger partial charge in [0.2, 0.25) is 0 Å². The Bertz CT molecular complexity index is 873. The average molecular weight is 339 g/mol. The third kappa shape index (κ3) is 3.05. The largest absolute Gasteiger partial charge is 0.334 e. The molecule has 4 rings (SSSR count). The summed E-state index contributed by atoms with van der Waals surface area (Å²) in [7, 11) is 0. The second kappa shape index (κ2) is 6.51. The number of hydrogen-bond acceptors (Lipinski definition) is 3. The maximum Gasteiger partial charge on any atom is 0.257 e. The Labute approximate surface area is 144 Å². The molecular formula is C18H18FN5O. The molecule has 0 saturated carbocycles. The Morgan fingerprint density at radius 1 is 1.24 bits per heavy atom. The fraction of sp³-hybridized carbons (Fsp3) is 0.278. The number of rotatable bonds is 4. The third-order valence-electron chi connectivity index (χ3n) is 4.52. The van der Waals surface area contributed by atoms with E-state index in [9.17, 15) is 9.18 Å². The number of aromatic nitrogens is 4. The monoisotopic (exact) mass is 339 g/mol. The van der Waals surface area contributed by atoms with Gasteiger partial charge in [0.1, 0.15) is 11.5 Å². The van der Waals surface area contributed by atoms with Crippen LogP contribution in [0.3, 0.4) is 0 Å². The summed E-state index contributed by atoms with van der Waals surface area (Å²) in [4.78, 5) is 14.7. The van der Waals surface area contributed by atoms with Crippen molar-refractivity contribution < 1.29 is 9.18 Å². The van der Waals surface area contributed by atoms with Gasteiger partial charge in [-0.05, 0) is 31.0 Å². The molecule has 1 amide bonds. The molecule has 0 bridgehead atoms. The lowest BCUT2D eigenvalue weighted by molar-refractivity contribution is 0.0721. The van der Waals surface area contributed by atoms with Crippen LogP contribution in [-0.4, -0.2) is 43.0 Å². The van der Waals surface area contributed by atoms with Crippen molar-refractivity contribution in [3.63, 3.8) is 0 Å². The van der Waals surface area contributed by atoms with E-state index < -0.39 is 0 Å². The summed E-state index contributed by atoms with van der Waals surface area (Å²) in [6.07, 6.45) is 8.64. The number of benzene rings is 1. The molecule has 3 aromatic rings. The van der Waals surface area contributed by atoms with Crippen molar-refractivity contribution in [3.8, 4) is 5.69 Å². The molecule has 0 unspecified atom stereocenters. The Kier molecular flexibility index (Phi) is 4.05. The second-order valence-corrected chi connectivity index (χ2v) is 6.15. The van der Waals surface area contributed by atoms with Gasteiger partial charge in [-0.2, -0.15) is 10.2 Å². The van der Waals surface area contributed by atoms with E-state index in [2.05, 4.69) is 10.2 Å². The summed E-state index contributed by atoms with van der Waals surface area (Å²) in [6, 6.07) is 8.36. The highest BCUT2D eigenvalue weighted by molar-refractivity contribution is 5.94. The summed E-state index contributed by atoms with van der Waals surface area (Å²) in [6.45, 7) is 1.40. The number of carbonyl (C=O) groups excluding carboxylic acids is 1. The van der Waals surface area contributed by atoms with Crippen molar-refractivity contribution >= 4 is 5.91 Å². The topological polar surface area (TPSA) is 56.0 Å². The minimum Gasteiger partial charge on any atom is -0.334 e. The van der Waals surface area contributed by atoms with E-state index >= 15 is 0 Å². The molecule has 7 heteroatoms. The van der Waals surface area contributed by atoms with Crippen LogP contribution in [0.25, 0.3) is 5.69 Å². The van der Waals surface area contributed by atoms with E-state index in [-0.39, 0.29) is 17.8 Å². The van der Waals surface area contributed by atoms with E-state index in [1.54, 1.807) is 30.6 Å². The second-order valence-electron chi connectivity index (χ2n) is 6.15. The summed E-state index contributed by atoms with van der Waals surface area (Å²) in [5.41, 5.74) is 0.798. The summed E-state index contributed by atoms with van der Waals surface area (Å²) in [5, 5.41) is 8.37. The average Bonchev–Trinajstić information content (AvgIpc) is 3.37. The van der Waals surface area contributed by atoms with Gasteiger partial charge in [-0.1, -0.05) is 12.1 Å². The van der Waals surface area contributed by atoms with Crippen molar-refractivity contribution in [3.05, 3.63) is 66.5 Å². The molecule has 2 aromatic heterocycles. The van der Waals surface area contributed by atoms with Gasteiger partial charge in [0.25, 0.3) is 5.91 Å². The summed E-state index contributed by atoms with van der Waals surface area (Å²) in [5.74, 6) is -0.445. The maximum atomic E-state index is 13.9. The molecule has 1 saturated heterocycles. The highest BCUT2D eigenvalue weighted by atomic mass is 19.1. The number of halogens is 1. The number of amides is 1. The lowest BCUT2D eigenvalue weighted by Gasteiger charge is -2.24. The van der Waals surface area contributed by atoms with Gasteiger partial charge in [0, 0.05) is 25.1 Å². The van der Waals surface area contributed by atoms with Gasteiger partial charge >= 0.3 is 0 Å². The summed E-state index contributed by atoms with van der Waals surface area (Å²) >= 11 is 0. The number of carbonyl (C=O) groups is 1. The van der Waals surface area contributed by atoms with Crippen LogP contribution in [0.15, 0.2) is 55.1 Å². The van der Waals surface area contributed by atoms with E-state index in [1.807, 2.05) is 21.8 Å². The molecule has 0 N–H and O–H groups in total. The van der Waals surface area contributed by atoms with Crippen LogP contribution < -0.4 is 0 Å². The van der Waals surface area contributed by atoms with Gasteiger partial charge < -0.3 is 4.90 Å². The first kappa shape index (κ1) is 15.6. The smallest absolute Gasteiger partial charge is 0.257 e. The fourth-order valence-corrected chi connectivity index (χ4v) is 3.29. The lowest BCUT2D eigenvalue weighted by atomic mass is 10.2. The first-order valence-electron chi connectivity index (χ1n) is 8.30. The predicted molar refractivity (Wildman–Crippen MR) is 89.8 cm³/mol. The minimum absolute atomic E-state index is 0.0720. The quantitative estimate of drug-likeness (QED) is 0.734. The van der Waals surface area contributed by atoms with Gasteiger partial charge in [-0.3, -0.25) is 9.48 Å². The molecule has 1 fully saturated rings. The van der Waals surface area contributed by atoms with Crippen LogP contribution >= 0.6 is 0 Å². The van der Waals surface area contributed by atoms with Crippen molar-refractivity contribution in [1.82, 2.24) is 24.5 Å². The van der Waals surface area contributed by atoms with Crippen molar-refractivity contribution in [1.29, 1.82) is 0 Å². The molecule has 6 nitrogen and oxygen atoms in total. The van der Waals surface area contributed by atoms with Crippen LogP contribution in [0.2, 0.25) is 0 Å². The van der Waals surface area contributed by atoms with Gasteiger partial charge in [0.05, 0.1) is 24.3 Å². The molecule has 0 radical (unpaired) electrons. The molecule has 25 heavy (non-hydrogen) atoms. The SMILES string of the molecule is O=C(c1cnn(-c2ccccc2F)c1)N1CCC[C@H]1Cn1cccn1. The maximum absolute atomic E-state index is 13.9. The molecule has 1 aliphatic heterocycles. The number of para-hydroxylation sites is 1. The van der Waals surface area contributed by atoms with Gasteiger partial charge in [0.15, 0.2) is 0 Å². The van der Waals surface area contributed by atoms with E-state index in [0.717, 1.165) is 19.4 Å². The Morgan fingerprint density at radius 2 is 2.12 bits per heavy atom. The molecule has 0 spiro atoms. The number of nitrogens with zero attached hydrogens (tertiary/aromatic N) is 5. The van der Waals surface area contributed by atoms with Crippen LogP contribution in [0.4, 0.5) is 4.39 Å². The highest BCUT2D eigenvalue weighted by Crippen LogP contribution is 2.22. The highest BCUT2D eigenvalue weighted by Gasteiger charge is 2.30. The van der Waals surface area contributed by atoms with Gasteiger partial charge in [-0.15, -0.1) is 0 Å². The molecule has 3 heterocycles. The van der Waals surface area contributed by atoms with E-state index in [4.69, 9.17) is 0 Å². The van der Waals surface area contributed by atoms with E-state index in [1.165, 1.54) is 16.9 Å². The normalized spacial score (nSPS) is 17.2. The number of hydrogen-bond donors (Lipinski definition) is 0. The van der Waals surface area contributed by atoms with Crippen LogP contribution in [0.1, 0.15) is 23.2 Å². The predicted octanol–water partition coefficient (Wildman–Crippen LogP) is 2.51. The van der Waals surface area contributed by atoms with Crippen LogP contribution in [0, 0.1) is 5.82 Å². The van der Waals surface area contributed by atoms with Crippen molar-refractivity contribution in [2.75, 3.05) is 6.54 Å². The van der Waals surface area contributed by atoms with Crippen molar-refractivity contribution in [2.45, 2.75) is 25.4 Å². The zero-order valence-electron chi connectivity index (χ0n) is 13.6. The van der Waals surface area contributed by atoms with Crippen molar-refractivity contribution in [2.24, 2.45) is 0 Å². The summed E-state index contributed by atoms with van der Waals surface area (Å²) < 4.78 is 17.1. The Hall–Kier alpha value is -2.96. The third-order valence-corrected chi connectivity index (χ3v) is 4.52. The molecule has 128 valence electrons. The zero-order chi connectivity index (χ0) is 17.2. The standard InChI is InChI=1S/C18H18FN5O/c19-16-6-1-2-7-17(16)24-12-14(11-21-24)18(25)23-10-3-5-15(23)13-22-9-4-8-20-22/h1-2,4,6-9,11-12,15H,3,5,10,13H2/t15-/m0/s1. The Morgan fingerprint density at radius 3 is 2.92 bits per heavy atom. The minimum atomic E-state index is -0.373. The Balaban J connectivity index is 1.54. The molecular weight excluding hydrogens is 321 g/mol. The lowest BCUT2D eigenvalue weighted by Crippen LogP contribution is -2.38. The van der Waals surface area contributed by atoms with E-state index in [0.29, 0.717) is 17.8 Å². The molecule has 1 aliphatic rings. The van der Waals surface area contributed by atoms with Gasteiger partial charge in [-0.25, -0.2) is 9.07 Å². The van der Waals surface area contributed by atoms with Crippen LogP contribution in [0.5, 0.6) is 0 Å². The number of likely N-dealkylation sites (tertiary alicyclic amines) is 1.